The van der Waals surface area contributed by atoms with Crippen molar-refractivity contribution in [1.82, 2.24) is 0 Å². The second kappa shape index (κ2) is 8.49. The number of rotatable bonds is 6. The first-order valence-electron chi connectivity index (χ1n) is 9.80. The Kier molecular flexibility index (Phi) is 6.01. The Morgan fingerprint density at radius 3 is 2.63 bits per heavy atom. The molecule has 5 heteroatoms. The molecule has 0 spiro atoms. The number of phenols is 3. The maximum absolute atomic E-state index is 12.6. The maximum Gasteiger partial charge on any atom is 0.189 e. The van der Waals surface area contributed by atoms with Crippen LogP contribution >= 0.6 is 0 Å². The Morgan fingerprint density at radius 2 is 1.90 bits per heavy atom. The highest BCUT2D eigenvalue weighted by molar-refractivity contribution is 6.09. The van der Waals surface area contributed by atoms with Crippen molar-refractivity contribution in [3.8, 4) is 23.0 Å². The summed E-state index contributed by atoms with van der Waals surface area (Å²) < 4.78 is 6.11. The van der Waals surface area contributed by atoms with Crippen LogP contribution in [-0.4, -0.2) is 26.7 Å². The number of benzene rings is 2. The molecule has 5 nitrogen and oxygen atoms in total. The number of ketones is 1. The van der Waals surface area contributed by atoms with Gasteiger partial charge in [0.2, 0.25) is 0 Å². The lowest BCUT2D eigenvalue weighted by atomic mass is 9.93. The van der Waals surface area contributed by atoms with Gasteiger partial charge in [0.05, 0.1) is 11.1 Å². The van der Waals surface area contributed by atoms with E-state index >= 15 is 0 Å². The summed E-state index contributed by atoms with van der Waals surface area (Å²) in [5.41, 5.74) is 1.67. The normalized spacial score (nSPS) is 17.4. The van der Waals surface area contributed by atoms with E-state index in [0.717, 1.165) is 12.8 Å². The summed E-state index contributed by atoms with van der Waals surface area (Å²) >= 11 is 0. The second-order valence-electron chi connectivity index (χ2n) is 7.88. The van der Waals surface area contributed by atoms with Gasteiger partial charge >= 0.3 is 0 Å². The Hall–Kier alpha value is -3.47. The van der Waals surface area contributed by atoms with Crippen molar-refractivity contribution in [1.29, 1.82) is 0 Å². The zero-order chi connectivity index (χ0) is 21.9. The fourth-order valence-corrected chi connectivity index (χ4v) is 3.30. The number of aromatic hydroxyl groups is 3. The average molecular weight is 406 g/mol. The molecule has 0 fully saturated rings. The van der Waals surface area contributed by atoms with E-state index in [-0.39, 0.29) is 22.8 Å². The van der Waals surface area contributed by atoms with Gasteiger partial charge in [-0.3, -0.25) is 4.79 Å². The molecule has 0 saturated carbocycles. The van der Waals surface area contributed by atoms with E-state index in [1.807, 2.05) is 13.0 Å². The van der Waals surface area contributed by atoms with Crippen LogP contribution in [0, 0.1) is 0 Å². The molecule has 2 aromatic carbocycles. The zero-order valence-corrected chi connectivity index (χ0v) is 17.3. The molecule has 0 radical (unpaired) electrons. The summed E-state index contributed by atoms with van der Waals surface area (Å²) in [6, 6.07) is 7.25. The van der Waals surface area contributed by atoms with Crippen LogP contribution in [-0.2, 0) is 0 Å². The van der Waals surface area contributed by atoms with E-state index < -0.39 is 11.4 Å². The minimum absolute atomic E-state index is 0.0218. The molecule has 1 aliphatic heterocycles. The van der Waals surface area contributed by atoms with Gasteiger partial charge in [-0.1, -0.05) is 11.6 Å². The number of allylic oxidation sites excluding steroid dienone is 3. The number of carbonyl (C=O) groups excluding carboxylic acids is 1. The number of carbonyl (C=O) groups is 1. The van der Waals surface area contributed by atoms with Gasteiger partial charge in [0, 0.05) is 5.56 Å². The number of phenolic OH excluding ortho intramolecular Hbond substituents is 3. The van der Waals surface area contributed by atoms with Crippen LogP contribution in [0.1, 0.15) is 55.1 Å². The first-order valence-corrected chi connectivity index (χ1v) is 9.80. The van der Waals surface area contributed by atoms with Crippen molar-refractivity contribution in [2.45, 2.75) is 39.2 Å². The highest BCUT2D eigenvalue weighted by Gasteiger charge is 2.29. The van der Waals surface area contributed by atoms with Crippen molar-refractivity contribution in [3.05, 3.63) is 70.8 Å². The highest BCUT2D eigenvalue weighted by Crippen LogP contribution is 2.40. The SMILES string of the molecule is CC(C)=CCC[C@]1(C)C=Cc2c(ccc(C(=O)/C=C/c3cc(O)ccc3O)c2O)O1. The molecule has 1 atom stereocenters. The molecule has 3 N–H and O–H groups in total. The molecule has 1 heterocycles. The minimum atomic E-state index is -0.482. The predicted molar refractivity (Wildman–Crippen MR) is 118 cm³/mol. The van der Waals surface area contributed by atoms with Gasteiger partial charge in [-0.15, -0.1) is 0 Å². The quantitative estimate of drug-likeness (QED) is 0.251. The second-order valence-corrected chi connectivity index (χ2v) is 7.88. The Balaban J connectivity index is 1.81. The van der Waals surface area contributed by atoms with Gasteiger partial charge in [0.15, 0.2) is 5.78 Å². The van der Waals surface area contributed by atoms with Crippen LogP contribution in [0.2, 0.25) is 0 Å². The molecule has 0 amide bonds. The molecular formula is C25H26O5. The smallest absolute Gasteiger partial charge is 0.189 e. The van der Waals surface area contributed by atoms with Gasteiger partial charge < -0.3 is 20.1 Å². The minimum Gasteiger partial charge on any atom is -0.508 e. The van der Waals surface area contributed by atoms with Gasteiger partial charge in [0.25, 0.3) is 0 Å². The van der Waals surface area contributed by atoms with E-state index in [4.69, 9.17) is 4.74 Å². The molecule has 0 bridgehead atoms. The maximum atomic E-state index is 12.6. The number of ether oxygens (including phenoxy) is 1. The third kappa shape index (κ3) is 4.74. The van der Waals surface area contributed by atoms with Gasteiger partial charge in [-0.05, 0) is 88.2 Å². The topological polar surface area (TPSA) is 87.0 Å². The summed E-state index contributed by atoms with van der Waals surface area (Å²) in [4.78, 5) is 12.6. The van der Waals surface area contributed by atoms with Crippen molar-refractivity contribution in [2.24, 2.45) is 0 Å². The monoisotopic (exact) mass is 406 g/mol. The lowest BCUT2D eigenvalue weighted by Gasteiger charge is -2.32. The van der Waals surface area contributed by atoms with Crippen LogP contribution in [0.4, 0.5) is 0 Å². The van der Waals surface area contributed by atoms with E-state index in [0.29, 0.717) is 16.9 Å². The van der Waals surface area contributed by atoms with E-state index in [9.17, 15) is 20.1 Å². The largest absolute Gasteiger partial charge is 0.508 e. The molecular weight excluding hydrogens is 380 g/mol. The standard InChI is InChI=1S/C25H26O5/c1-16(2)5-4-13-25(3)14-12-20-23(30-25)11-8-19(24(20)29)22(28)9-6-17-15-18(26)7-10-21(17)27/h5-12,14-15,26-27,29H,4,13H2,1-3H3/b9-6+/t25-/m1/s1. The Morgan fingerprint density at radius 1 is 1.13 bits per heavy atom. The molecule has 0 saturated heterocycles. The summed E-state index contributed by atoms with van der Waals surface area (Å²) in [5, 5.41) is 30.0. The Bertz CT molecular complexity index is 1060. The van der Waals surface area contributed by atoms with E-state index in [1.165, 1.54) is 42.0 Å². The number of hydrogen-bond donors (Lipinski definition) is 3. The van der Waals surface area contributed by atoms with Crippen molar-refractivity contribution >= 4 is 17.9 Å². The lowest BCUT2D eigenvalue weighted by Crippen LogP contribution is -2.31. The number of fused-ring (bicyclic) bond motifs is 1. The van der Waals surface area contributed by atoms with Gasteiger partial charge in [-0.25, -0.2) is 0 Å². The van der Waals surface area contributed by atoms with E-state index in [2.05, 4.69) is 19.9 Å². The van der Waals surface area contributed by atoms with Gasteiger partial charge in [-0.2, -0.15) is 0 Å². The molecule has 156 valence electrons. The summed E-state index contributed by atoms with van der Waals surface area (Å²) in [6.45, 7) is 6.11. The highest BCUT2D eigenvalue weighted by atomic mass is 16.5. The van der Waals surface area contributed by atoms with Crippen molar-refractivity contribution in [3.63, 3.8) is 0 Å². The fourth-order valence-electron chi connectivity index (χ4n) is 3.30. The summed E-state index contributed by atoms with van der Waals surface area (Å²) in [6.07, 6.45) is 10.2. The fraction of sp³-hybridized carbons (Fsp3) is 0.240. The van der Waals surface area contributed by atoms with E-state index in [1.54, 1.807) is 12.1 Å². The zero-order valence-electron chi connectivity index (χ0n) is 17.3. The molecule has 30 heavy (non-hydrogen) atoms. The summed E-state index contributed by atoms with van der Waals surface area (Å²) in [7, 11) is 0. The number of hydrogen-bond acceptors (Lipinski definition) is 5. The third-order valence-corrected chi connectivity index (χ3v) is 5.01. The predicted octanol–water partition coefficient (Wildman–Crippen LogP) is 5.61. The third-order valence-electron chi connectivity index (χ3n) is 5.01. The molecule has 2 aromatic rings. The van der Waals surface area contributed by atoms with Crippen molar-refractivity contribution < 1.29 is 24.9 Å². The first kappa shape index (κ1) is 21.2. The molecule has 0 unspecified atom stereocenters. The van der Waals surface area contributed by atoms with Crippen LogP contribution in [0.25, 0.3) is 12.2 Å². The Labute approximate surface area is 176 Å². The molecule has 0 aliphatic carbocycles. The summed E-state index contributed by atoms with van der Waals surface area (Å²) in [5.74, 6) is -0.129. The average Bonchev–Trinajstić information content (AvgIpc) is 2.68. The van der Waals surface area contributed by atoms with Gasteiger partial charge in [0.1, 0.15) is 28.6 Å². The first-order chi connectivity index (χ1) is 14.2. The van der Waals surface area contributed by atoms with Crippen LogP contribution < -0.4 is 4.74 Å². The van der Waals surface area contributed by atoms with Crippen molar-refractivity contribution in [2.75, 3.05) is 0 Å². The molecule has 0 aromatic heterocycles. The van der Waals surface area contributed by atoms with Crippen LogP contribution in [0.15, 0.2) is 54.1 Å². The molecule has 3 rings (SSSR count). The lowest BCUT2D eigenvalue weighted by molar-refractivity contribution is 0.104. The molecule has 1 aliphatic rings. The van der Waals surface area contributed by atoms with Crippen LogP contribution in [0.5, 0.6) is 23.0 Å². The van der Waals surface area contributed by atoms with Crippen LogP contribution in [0.3, 0.4) is 0 Å².